The fourth-order valence-corrected chi connectivity index (χ4v) is 1.79. The molecular weight excluding hydrogens is 224 g/mol. The van der Waals surface area contributed by atoms with Crippen molar-refractivity contribution in [2.75, 3.05) is 0 Å². The third-order valence-corrected chi connectivity index (χ3v) is 2.51. The molecule has 1 aromatic carbocycles. The minimum absolute atomic E-state index is 0.0673. The Morgan fingerprint density at radius 3 is 2.29 bits per heavy atom. The van der Waals surface area contributed by atoms with Crippen LogP contribution in [-0.2, 0) is 11.2 Å². The van der Waals surface area contributed by atoms with Crippen LogP contribution in [0.25, 0.3) is 0 Å². The van der Waals surface area contributed by atoms with Gasteiger partial charge >= 0.3 is 5.97 Å². The zero-order valence-electron chi connectivity index (χ0n) is 9.64. The summed E-state index contributed by atoms with van der Waals surface area (Å²) >= 11 is 0. The van der Waals surface area contributed by atoms with E-state index in [9.17, 15) is 14.9 Å². The number of nitrogens with two attached hydrogens (primary N) is 1. The van der Waals surface area contributed by atoms with Crippen LogP contribution in [0, 0.1) is 24.0 Å². The molecule has 0 aliphatic carbocycles. The highest BCUT2D eigenvalue weighted by atomic mass is 16.6. The van der Waals surface area contributed by atoms with E-state index in [0.717, 1.165) is 0 Å². The topological polar surface area (TPSA) is 106 Å². The highest BCUT2D eigenvalue weighted by Crippen LogP contribution is 2.24. The summed E-state index contributed by atoms with van der Waals surface area (Å²) in [7, 11) is 0. The number of aryl methyl sites for hydroxylation is 2. The van der Waals surface area contributed by atoms with Crippen LogP contribution in [0.3, 0.4) is 0 Å². The quantitative estimate of drug-likeness (QED) is 0.604. The molecule has 0 fully saturated rings. The predicted molar refractivity (Wildman–Crippen MR) is 61.9 cm³/mol. The summed E-state index contributed by atoms with van der Waals surface area (Å²) in [6.45, 7) is 3.25. The third kappa shape index (κ3) is 3.01. The van der Waals surface area contributed by atoms with Crippen LogP contribution < -0.4 is 5.73 Å². The molecule has 1 unspecified atom stereocenters. The summed E-state index contributed by atoms with van der Waals surface area (Å²) in [6, 6.07) is 2.22. The van der Waals surface area contributed by atoms with E-state index < -0.39 is 16.9 Å². The lowest BCUT2D eigenvalue weighted by Crippen LogP contribution is -2.32. The number of nitro benzene ring substituents is 1. The van der Waals surface area contributed by atoms with Crippen molar-refractivity contribution >= 4 is 11.7 Å². The van der Waals surface area contributed by atoms with Crippen LogP contribution >= 0.6 is 0 Å². The average molecular weight is 238 g/mol. The minimum Gasteiger partial charge on any atom is -0.480 e. The normalized spacial score (nSPS) is 12.2. The fourth-order valence-electron chi connectivity index (χ4n) is 1.79. The Balaban J connectivity index is 3.06. The Labute approximate surface area is 98.2 Å². The Hall–Kier alpha value is -1.95. The molecule has 0 amide bonds. The lowest BCUT2D eigenvalue weighted by molar-refractivity contribution is -0.386. The van der Waals surface area contributed by atoms with Gasteiger partial charge in [0.25, 0.3) is 5.69 Å². The Bertz CT molecular complexity index is 448. The van der Waals surface area contributed by atoms with Gasteiger partial charge in [0.05, 0.1) is 4.92 Å². The number of benzene rings is 1. The maximum absolute atomic E-state index is 10.8. The first-order valence-corrected chi connectivity index (χ1v) is 5.05. The molecule has 0 radical (unpaired) electrons. The Morgan fingerprint density at radius 1 is 1.47 bits per heavy atom. The van der Waals surface area contributed by atoms with Gasteiger partial charge in [-0.25, -0.2) is 0 Å². The number of rotatable bonds is 4. The summed E-state index contributed by atoms with van der Waals surface area (Å²) in [6.07, 6.45) is 0.162. The van der Waals surface area contributed by atoms with Crippen LogP contribution in [0.2, 0.25) is 0 Å². The van der Waals surface area contributed by atoms with Crippen LogP contribution in [0.1, 0.15) is 16.7 Å². The van der Waals surface area contributed by atoms with Crippen molar-refractivity contribution in [1.29, 1.82) is 0 Å². The molecule has 1 aromatic rings. The van der Waals surface area contributed by atoms with E-state index in [4.69, 9.17) is 10.8 Å². The molecule has 6 nitrogen and oxygen atoms in total. The summed E-state index contributed by atoms with van der Waals surface area (Å²) < 4.78 is 0. The van der Waals surface area contributed by atoms with Gasteiger partial charge in [-0.15, -0.1) is 0 Å². The van der Waals surface area contributed by atoms with Gasteiger partial charge in [-0.2, -0.15) is 0 Å². The van der Waals surface area contributed by atoms with Crippen LogP contribution in [0.4, 0.5) is 5.69 Å². The van der Waals surface area contributed by atoms with E-state index in [1.54, 1.807) is 26.0 Å². The SMILES string of the molecule is Cc1cc(CC(N)C(=O)O)cc(C)c1[N+](=O)[O-]. The van der Waals surface area contributed by atoms with Gasteiger partial charge in [-0.05, 0) is 38.0 Å². The van der Waals surface area contributed by atoms with Gasteiger partial charge in [0, 0.05) is 11.1 Å². The average Bonchev–Trinajstić information content (AvgIpc) is 2.15. The highest BCUT2D eigenvalue weighted by molar-refractivity contribution is 5.73. The molecule has 92 valence electrons. The molecule has 0 saturated heterocycles. The number of aliphatic carboxylic acids is 1. The number of hydrogen-bond acceptors (Lipinski definition) is 4. The minimum atomic E-state index is -1.08. The number of carbonyl (C=O) groups is 1. The molecule has 0 spiro atoms. The maximum atomic E-state index is 10.8. The van der Waals surface area contributed by atoms with Gasteiger partial charge in [0.1, 0.15) is 6.04 Å². The Morgan fingerprint density at radius 2 is 1.94 bits per heavy atom. The first-order valence-electron chi connectivity index (χ1n) is 5.05. The van der Waals surface area contributed by atoms with Gasteiger partial charge in [-0.1, -0.05) is 0 Å². The third-order valence-electron chi connectivity index (χ3n) is 2.51. The second-order valence-corrected chi connectivity index (χ2v) is 3.98. The molecule has 1 rings (SSSR count). The predicted octanol–water partition coefficient (Wildman–Crippen LogP) is 1.17. The summed E-state index contributed by atoms with van der Waals surface area (Å²) in [5.74, 6) is -1.08. The van der Waals surface area contributed by atoms with E-state index >= 15 is 0 Å². The second-order valence-electron chi connectivity index (χ2n) is 3.98. The summed E-state index contributed by atoms with van der Waals surface area (Å²) in [5, 5.41) is 19.5. The maximum Gasteiger partial charge on any atom is 0.320 e. The zero-order valence-corrected chi connectivity index (χ0v) is 9.64. The largest absolute Gasteiger partial charge is 0.480 e. The van der Waals surface area contributed by atoms with Crippen molar-refractivity contribution in [2.45, 2.75) is 26.3 Å². The number of carboxylic acids is 1. The van der Waals surface area contributed by atoms with Crippen molar-refractivity contribution in [3.05, 3.63) is 38.9 Å². The van der Waals surface area contributed by atoms with Gasteiger partial charge < -0.3 is 10.8 Å². The highest BCUT2D eigenvalue weighted by Gasteiger charge is 2.18. The Kier molecular flexibility index (Phi) is 3.80. The number of nitro groups is 1. The molecule has 3 N–H and O–H groups in total. The molecular formula is C11H14N2O4. The van der Waals surface area contributed by atoms with E-state index in [-0.39, 0.29) is 12.1 Å². The van der Waals surface area contributed by atoms with Crippen LogP contribution in [0.15, 0.2) is 12.1 Å². The lowest BCUT2D eigenvalue weighted by atomic mass is 10.00. The monoisotopic (exact) mass is 238 g/mol. The zero-order chi connectivity index (χ0) is 13.2. The molecule has 0 saturated carbocycles. The number of nitrogens with zero attached hydrogens (tertiary/aromatic N) is 1. The standard InChI is InChI=1S/C11H14N2O4/c1-6-3-8(5-9(12)11(14)15)4-7(2)10(6)13(16)17/h3-4,9H,5,12H2,1-2H3,(H,14,15). The second kappa shape index (κ2) is 4.92. The fraction of sp³-hybridized carbons (Fsp3) is 0.364. The molecule has 0 aliphatic rings. The van der Waals surface area contributed by atoms with Crippen molar-refractivity contribution in [1.82, 2.24) is 0 Å². The number of carboxylic acid groups (broad SMARTS) is 1. The first-order chi connectivity index (χ1) is 7.82. The molecule has 0 aliphatic heterocycles. The first kappa shape index (κ1) is 13.1. The van der Waals surface area contributed by atoms with Crippen molar-refractivity contribution in [3.63, 3.8) is 0 Å². The number of hydrogen-bond donors (Lipinski definition) is 2. The molecule has 1 atom stereocenters. The van der Waals surface area contributed by atoms with Gasteiger partial charge in [-0.3, -0.25) is 14.9 Å². The van der Waals surface area contributed by atoms with E-state index in [2.05, 4.69) is 0 Å². The van der Waals surface area contributed by atoms with Crippen LogP contribution in [0.5, 0.6) is 0 Å². The molecule has 0 heterocycles. The van der Waals surface area contributed by atoms with Crippen molar-refractivity contribution in [3.8, 4) is 0 Å². The van der Waals surface area contributed by atoms with E-state index in [1.807, 2.05) is 0 Å². The molecule has 0 bridgehead atoms. The van der Waals surface area contributed by atoms with Crippen molar-refractivity contribution < 1.29 is 14.8 Å². The van der Waals surface area contributed by atoms with E-state index in [1.165, 1.54) is 0 Å². The van der Waals surface area contributed by atoms with Gasteiger partial charge in [0.15, 0.2) is 0 Å². The molecule has 0 aromatic heterocycles. The van der Waals surface area contributed by atoms with Gasteiger partial charge in [0.2, 0.25) is 0 Å². The van der Waals surface area contributed by atoms with E-state index in [0.29, 0.717) is 16.7 Å². The van der Waals surface area contributed by atoms with Crippen molar-refractivity contribution in [2.24, 2.45) is 5.73 Å². The summed E-state index contributed by atoms with van der Waals surface area (Å²) in [4.78, 5) is 20.9. The molecule has 17 heavy (non-hydrogen) atoms. The summed E-state index contributed by atoms with van der Waals surface area (Å²) in [5.41, 5.74) is 7.21. The van der Waals surface area contributed by atoms with Crippen LogP contribution in [-0.4, -0.2) is 22.0 Å². The molecule has 6 heteroatoms. The lowest BCUT2D eigenvalue weighted by Gasteiger charge is -2.09. The smallest absolute Gasteiger partial charge is 0.320 e.